The summed E-state index contributed by atoms with van der Waals surface area (Å²) in [6.07, 6.45) is 2.28. The second kappa shape index (κ2) is 6.80. The fraction of sp³-hybridized carbons (Fsp3) is 0.0909. The highest BCUT2D eigenvalue weighted by Gasteiger charge is 2.28. The lowest BCUT2D eigenvalue weighted by molar-refractivity contribution is 1.46. The second-order valence-electron chi connectivity index (χ2n) is 6.18. The summed E-state index contributed by atoms with van der Waals surface area (Å²) < 4.78 is 0. The molecular weight excluding hydrogens is 292 g/mol. The van der Waals surface area contributed by atoms with Gasteiger partial charge < -0.3 is 0 Å². The van der Waals surface area contributed by atoms with Gasteiger partial charge in [0.15, 0.2) is 0 Å². The van der Waals surface area contributed by atoms with E-state index in [1.165, 1.54) is 21.5 Å². The van der Waals surface area contributed by atoms with Gasteiger partial charge in [0.1, 0.15) is 8.07 Å². The highest BCUT2D eigenvalue weighted by atomic mass is 28.3. The first-order chi connectivity index (χ1) is 11.2. The Bertz CT molecular complexity index is 732. The summed E-state index contributed by atoms with van der Waals surface area (Å²) in [5.41, 5.74) is 5.01. The number of benzene rings is 3. The summed E-state index contributed by atoms with van der Waals surface area (Å²) in [6, 6.07) is 30.5. The zero-order valence-electron chi connectivity index (χ0n) is 13.7. The van der Waals surface area contributed by atoms with Crippen molar-refractivity contribution >= 4 is 24.5 Å². The van der Waals surface area contributed by atoms with Crippen LogP contribution in [0.5, 0.6) is 0 Å². The van der Waals surface area contributed by atoms with Gasteiger partial charge in [0, 0.05) is 0 Å². The maximum Gasteiger partial charge on any atom is 0.138 e. The monoisotopic (exact) mass is 314 g/mol. The first kappa shape index (κ1) is 15.5. The fourth-order valence-corrected chi connectivity index (χ4v) is 5.88. The maximum absolute atomic E-state index is 2.45. The quantitative estimate of drug-likeness (QED) is 0.625. The fourth-order valence-electron chi connectivity index (χ4n) is 2.87. The molecule has 0 nitrogen and oxygen atoms in total. The van der Waals surface area contributed by atoms with Crippen LogP contribution in [0.15, 0.2) is 90.6 Å². The largest absolute Gasteiger partial charge is 0.138 e. The van der Waals surface area contributed by atoms with Gasteiger partial charge in [0.25, 0.3) is 0 Å². The van der Waals surface area contributed by atoms with Crippen LogP contribution in [0.2, 0.25) is 6.55 Å². The van der Waals surface area contributed by atoms with Crippen LogP contribution in [0, 0.1) is 6.92 Å². The highest BCUT2D eigenvalue weighted by molar-refractivity contribution is 7.05. The standard InChI is InChI=1S/C22H22Si/c1-19-13-15-20(16-14-19)17-18-23(2,21-9-5-3-6-10-21)22-11-7-4-8-12-22/h3-18H,1-2H3/b18-17+. The molecule has 0 saturated carbocycles. The SMILES string of the molecule is Cc1ccc(/C=C/[Si](C)(c2ccccc2)c2ccccc2)cc1. The summed E-state index contributed by atoms with van der Waals surface area (Å²) in [4.78, 5) is 0. The van der Waals surface area contributed by atoms with Crippen molar-refractivity contribution in [2.75, 3.05) is 0 Å². The Balaban J connectivity index is 2.04. The summed E-state index contributed by atoms with van der Waals surface area (Å²) in [7, 11) is -1.88. The topological polar surface area (TPSA) is 0 Å². The van der Waals surface area contributed by atoms with Gasteiger partial charge in [-0.05, 0) is 12.5 Å². The minimum absolute atomic E-state index is 1.26. The van der Waals surface area contributed by atoms with Crippen molar-refractivity contribution in [3.63, 3.8) is 0 Å². The Morgan fingerprint density at radius 1 is 0.652 bits per heavy atom. The number of rotatable bonds is 4. The molecule has 0 saturated heterocycles. The van der Waals surface area contributed by atoms with Crippen LogP contribution in [-0.4, -0.2) is 8.07 Å². The van der Waals surface area contributed by atoms with Crippen molar-refractivity contribution in [2.24, 2.45) is 0 Å². The number of hydrogen-bond donors (Lipinski definition) is 0. The Morgan fingerprint density at radius 3 is 1.61 bits per heavy atom. The molecule has 114 valence electrons. The third kappa shape index (κ3) is 3.52. The van der Waals surface area contributed by atoms with Crippen molar-refractivity contribution in [3.05, 3.63) is 102 Å². The minimum Gasteiger partial charge on any atom is -0.0855 e. The maximum atomic E-state index is 2.45. The first-order valence-electron chi connectivity index (χ1n) is 8.05. The van der Waals surface area contributed by atoms with Crippen LogP contribution in [0.3, 0.4) is 0 Å². The van der Waals surface area contributed by atoms with E-state index in [9.17, 15) is 0 Å². The molecule has 23 heavy (non-hydrogen) atoms. The van der Waals surface area contributed by atoms with Gasteiger partial charge in [0.05, 0.1) is 0 Å². The van der Waals surface area contributed by atoms with Crippen LogP contribution in [0.1, 0.15) is 11.1 Å². The molecule has 0 unspecified atom stereocenters. The van der Waals surface area contributed by atoms with E-state index in [0.717, 1.165) is 0 Å². The summed E-state index contributed by atoms with van der Waals surface area (Å²) in [5, 5.41) is 2.88. The van der Waals surface area contributed by atoms with Crippen molar-refractivity contribution < 1.29 is 0 Å². The van der Waals surface area contributed by atoms with Crippen molar-refractivity contribution in [3.8, 4) is 0 Å². The lowest BCUT2D eigenvalue weighted by Gasteiger charge is -2.25. The Labute approximate surface area is 140 Å². The molecule has 0 heterocycles. The average Bonchev–Trinajstić information content (AvgIpc) is 2.62. The molecule has 0 radical (unpaired) electrons. The minimum atomic E-state index is -1.88. The normalized spacial score (nSPS) is 11.7. The van der Waals surface area contributed by atoms with Gasteiger partial charge in [-0.2, -0.15) is 0 Å². The van der Waals surface area contributed by atoms with Crippen LogP contribution >= 0.6 is 0 Å². The Hall–Kier alpha value is -2.38. The zero-order chi connectivity index (χ0) is 16.1. The smallest absolute Gasteiger partial charge is 0.0855 e. The molecule has 3 aromatic rings. The number of hydrogen-bond acceptors (Lipinski definition) is 0. The molecule has 0 fully saturated rings. The molecule has 0 spiro atoms. The van der Waals surface area contributed by atoms with Gasteiger partial charge >= 0.3 is 0 Å². The lowest BCUT2D eigenvalue weighted by atomic mass is 10.2. The van der Waals surface area contributed by atoms with Crippen LogP contribution in [0.4, 0.5) is 0 Å². The molecule has 0 aliphatic carbocycles. The Kier molecular flexibility index (Phi) is 4.59. The second-order valence-corrected chi connectivity index (χ2v) is 10.1. The molecule has 1 heteroatoms. The average molecular weight is 315 g/mol. The molecule has 0 N–H and O–H groups in total. The molecule has 0 bridgehead atoms. The zero-order valence-corrected chi connectivity index (χ0v) is 14.7. The lowest BCUT2D eigenvalue weighted by Crippen LogP contribution is -2.54. The molecule has 0 aliphatic rings. The van der Waals surface area contributed by atoms with Crippen molar-refractivity contribution in [1.82, 2.24) is 0 Å². The third-order valence-electron chi connectivity index (χ3n) is 4.43. The van der Waals surface area contributed by atoms with E-state index >= 15 is 0 Å². The summed E-state index contributed by atoms with van der Waals surface area (Å²) in [6.45, 7) is 4.54. The third-order valence-corrected chi connectivity index (χ3v) is 8.33. The van der Waals surface area contributed by atoms with E-state index in [2.05, 4.69) is 110 Å². The molecule has 0 amide bonds. The molecule has 3 rings (SSSR count). The summed E-state index contributed by atoms with van der Waals surface area (Å²) in [5.74, 6) is 0. The van der Waals surface area contributed by atoms with Crippen LogP contribution in [-0.2, 0) is 0 Å². The summed E-state index contributed by atoms with van der Waals surface area (Å²) >= 11 is 0. The molecular formula is C22H22Si. The Morgan fingerprint density at radius 2 is 1.13 bits per heavy atom. The van der Waals surface area contributed by atoms with E-state index in [1.807, 2.05) is 0 Å². The van der Waals surface area contributed by atoms with E-state index < -0.39 is 8.07 Å². The van der Waals surface area contributed by atoms with Gasteiger partial charge in [-0.25, -0.2) is 0 Å². The molecule has 0 aliphatic heterocycles. The van der Waals surface area contributed by atoms with Gasteiger partial charge in [0.2, 0.25) is 0 Å². The first-order valence-corrected chi connectivity index (χ1v) is 10.6. The molecule has 0 atom stereocenters. The van der Waals surface area contributed by atoms with Gasteiger partial charge in [-0.1, -0.05) is 119 Å². The number of aryl methyl sites for hydroxylation is 1. The van der Waals surface area contributed by atoms with E-state index in [1.54, 1.807) is 0 Å². The van der Waals surface area contributed by atoms with E-state index in [4.69, 9.17) is 0 Å². The van der Waals surface area contributed by atoms with Crippen LogP contribution in [0.25, 0.3) is 6.08 Å². The van der Waals surface area contributed by atoms with Crippen molar-refractivity contribution in [1.29, 1.82) is 0 Å². The predicted molar refractivity (Wildman–Crippen MR) is 104 cm³/mol. The molecule has 0 aromatic heterocycles. The molecule has 3 aromatic carbocycles. The van der Waals surface area contributed by atoms with Gasteiger partial charge in [-0.3, -0.25) is 0 Å². The van der Waals surface area contributed by atoms with E-state index in [0.29, 0.717) is 0 Å². The van der Waals surface area contributed by atoms with Gasteiger partial charge in [-0.15, -0.1) is 0 Å². The van der Waals surface area contributed by atoms with Crippen LogP contribution < -0.4 is 10.4 Å². The highest BCUT2D eigenvalue weighted by Crippen LogP contribution is 2.12. The predicted octanol–water partition coefficient (Wildman–Crippen LogP) is 4.44. The van der Waals surface area contributed by atoms with Crippen molar-refractivity contribution in [2.45, 2.75) is 13.5 Å². The van der Waals surface area contributed by atoms with E-state index in [-0.39, 0.29) is 0 Å².